The molecule has 8 heteroatoms. The van der Waals surface area contributed by atoms with Crippen molar-refractivity contribution in [3.05, 3.63) is 18.3 Å². The molecule has 2 heterocycles. The quantitative estimate of drug-likeness (QED) is 0.855. The molecule has 2 rings (SSSR count). The lowest BCUT2D eigenvalue weighted by Crippen LogP contribution is -2.33. The molecule has 1 aliphatic heterocycles. The molecule has 1 aromatic heterocycles. The smallest absolute Gasteiger partial charge is 0.244 e. The van der Waals surface area contributed by atoms with Crippen molar-refractivity contribution in [2.24, 2.45) is 0 Å². The Bertz CT molecular complexity index is 501. The van der Waals surface area contributed by atoms with E-state index in [1.54, 1.807) is 6.07 Å². The first kappa shape index (κ1) is 14.0. The summed E-state index contributed by atoms with van der Waals surface area (Å²) in [5.41, 5.74) is 5.58. The van der Waals surface area contributed by atoms with Gasteiger partial charge in [-0.25, -0.2) is 18.1 Å². The topological polar surface area (TPSA) is 85.1 Å². The number of pyridine rings is 1. The molecule has 0 radical (unpaired) electrons. The van der Waals surface area contributed by atoms with E-state index in [0.29, 0.717) is 11.8 Å². The SMILES string of the molecule is Nc1ncccc1S(=O)(=O)NCC1CSCCS1. The molecule has 100 valence electrons. The summed E-state index contributed by atoms with van der Waals surface area (Å²) in [5.74, 6) is 3.24. The van der Waals surface area contributed by atoms with Crippen LogP contribution in [0.3, 0.4) is 0 Å². The van der Waals surface area contributed by atoms with E-state index in [9.17, 15) is 8.42 Å². The zero-order chi connectivity index (χ0) is 13.0. The van der Waals surface area contributed by atoms with Crippen molar-refractivity contribution in [2.75, 3.05) is 29.5 Å². The molecule has 1 saturated heterocycles. The normalized spacial score (nSPS) is 20.8. The number of rotatable bonds is 4. The third-order valence-electron chi connectivity index (χ3n) is 2.48. The summed E-state index contributed by atoms with van der Waals surface area (Å²) in [7, 11) is -3.55. The van der Waals surface area contributed by atoms with E-state index in [0.717, 1.165) is 17.3 Å². The zero-order valence-corrected chi connectivity index (χ0v) is 12.2. The molecule has 0 aromatic carbocycles. The molecule has 1 atom stereocenters. The fourth-order valence-electron chi connectivity index (χ4n) is 1.56. The van der Waals surface area contributed by atoms with Gasteiger partial charge >= 0.3 is 0 Å². The molecule has 3 N–H and O–H groups in total. The van der Waals surface area contributed by atoms with Crippen molar-refractivity contribution in [1.82, 2.24) is 9.71 Å². The van der Waals surface area contributed by atoms with Crippen LogP contribution in [-0.4, -0.2) is 42.5 Å². The molecule has 1 unspecified atom stereocenters. The van der Waals surface area contributed by atoms with Gasteiger partial charge in [0, 0.05) is 35.3 Å². The highest BCUT2D eigenvalue weighted by molar-refractivity contribution is 8.06. The highest BCUT2D eigenvalue weighted by Crippen LogP contribution is 2.24. The molecule has 0 spiro atoms. The van der Waals surface area contributed by atoms with E-state index >= 15 is 0 Å². The summed E-state index contributed by atoms with van der Waals surface area (Å²) in [5, 5.41) is 0.330. The van der Waals surface area contributed by atoms with Crippen molar-refractivity contribution in [1.29, 1.82) is 0 Å². The van der Waals surface area contributed by atoms with E-state index in [-0.39, 0.29) is 10.7 Å². The molecule has 18 heavy (non-hydrogen) atoms. The van der Waals surface area contributed by atoms with Crippen LogP contribution in [0.4, 0.5) is 5.82 Å². The second kappa shape index (κ2) is 6.14. The second-order valence-electron chi connectivity index (χ2n) is 3.81. The first-order valence-electron chi connectivity index (χ1n) is 5.49. The van der Waals surface area contributed by atoms with Gasteiger partial charge in [0.25, 0.3) is 0 Å². The molecular weight excluding hydrogens is 290 g/mol. The minimum atomic E-state index is -3.55. The Labute approximate surface area is 115 Å². The number of nitrogens with two attached hydrogens (primary N) is 1. The van der Waals surface area contributed by atoms with Gasteiger partial charge in [-0.05, 0) is 12.1 Å². The Morgan fingerprint density at radius 1 is 1.50 bits per heavy atom. The van der Waals surface area contributed by atoms with Crippen molar-refractivity contribution >= 4 is 39.4 Å². The molecule has 0 aliphatic carbocycles. The second-order valence-corrected chi connectivity index (χ2v) is 8.10. The number of nitrogens with one attached hydrogen (secondary N) is 1. The van der Waals surface area contributed by atoms with E-state index in [1.807, 2.05) is 23.5 Å². The third kappa shape index (κ3) is 3.53. The Kier molecular flexibility index (Phi) is 4.77. The zero-order valence-electron chi connectivity index (χ0n) is 9.70. The molecule has 0 bridgehead atoms. The van der Waals surface area contributed by atoms with Crippen LogP contribution in [0.5, 0.6) is 0 Å². The van der Waals surface area contributed by atoms with Gasteiger partial charge in [0.1, 0.15) is 10.7 Å². The average molecular weight is 305 g/mol. The monoisotopic (exact) mass is 305 g/mol. The maximum absolute atomic E-state index is 12.0. The lowest BCUT2D eigenvalue weighted by molar-refractivity contribution is 0.581. The molecule has 0 amide bonds. The number of nitrogens with zero attached hydrogens (tertiary/aromatic N) is 1. The highest BCUT2D eigenvalue weighted by Gasteiger charge is 2.21. The molecule has 0 saturated carbocycles. The largest absolute Gasteiger partial charge is 0.383 e. The maximum atomic E-state index is 12.0. The lowest BCUT2D eigenvalue weighted by atomic mass is 10.5. The van der Waals surface area contributed by atoms with Crippen molar-refractivity contribution in [3.63, 3.8) is 0 Å². The van der Waals surface area contributed by atoms with E-state index in [2.05, 4.69) is 9.71 Å². The van der Waals surface area contributed by atoms with E-state index < -0.39 is 10.0 Å². The average Bonchev–Trinajstić information content (AvgIpc) is 2.38. The van der Waals surface area contributed by atoms with E-state index in [4.69, 9.17) is 5.73 Å². The standard InChI is InChI=1S/C10H15N3O2S3/c11-10-9(2-1-3-12-10)18(14,15)13-6-8-7-16-4-5-17-8/h1-3,8,13H,4-7H2,(H2,11,12). The van der Waals surface area contributed by atoms with Gasteiger partial charge in [-0.3, -0.25) is 0 Å². The fourth-order valence-corrected chi connectivity index (χ4v) is 5.44. The third-order valence-corrected chi connectivity index (χ3v) is 6.79. The van der Waals surface area contributed by atoms with Crippen LogP contribution in [0.2, 0.25) is 0 Å². The van der Waals surface area contributed by atoms with Crippen LogP contribution in [-0.2, 0) is 10.0 Å². The van der Waals surface area contributed by atoms with Crippen LogP contribution in [0.25, 0.3) is 0 Å². The number of thioether (sulfide) groups is 2. The van der Waals surface area contributed by atoms with Crippen LogP contribution >= 0.6 is 23.5 Å². The highest BCUT2D eigenvalue weighted by atomic mass is 32.2. The molecular formula is C10H15N3O2S3. The van der Waals surface area contributed by atoms with Gasteiger partial charge in [-0.15, -0.1) is 0 Å². The van der Waals surface area contributed by atoms with E-state index in [1.165, 1.54) is 12.3 Å². The van der Waals surface area contributed by atoms with Crippen molar-refractivity contribution in [2.45, 2.75) is 10.1 Å². The Morgan fingerprint density at radius 2 is 2.33 bits per heavy atom. The van der Waals surface area contributed by atoms with Gasteiger partial charge in [0.15, 0.2) is 0 Å². The number of anilines is 1. The van der Waals surface area contributed by atoms with Crippen molar-refractivity contribution < 1.29 is 8.42 Å². The fraction of sp³-hybridized carbons (Fsp3) is 0.500. The molecule has 5 nitrogen and oxygen atoms in total. The van der Waals surface area contributed by atoms with Gasteiger partial charge in [0.2, 0.25) is 10.0 Å². The minimum Gasteiger partial charge on any atom is -0.383 e. The number of hydrogen-bond acceptors (Lipinski definition) is 6. The predicted molar refractivity (Wildman–Crippen MR) is 77.4 cm³/mol. The van der Waals surface area contributed by atoms with Crippen LogP contribution < -0.4 is 10.5 Å². The molecule has 1 aromatic rings. The van der Waals surface area contributed by atoms with Crippen LogP contribution in [0, 0.1) is 0 Å². The number of sulfonamides is 1. The van der Waals surface area contributed by atoms with Crippen LogP contribution in [0.15, 0.2) is 23.2 Å². The summed E-state index contributed by atoms with van der Waals surface area (Å²) < 4.78 is 26.7. The van der Waals surface area contributed by atoms with Crippen molar-refractivity contribution in [3.8, 4) is 0 Å². The Hall–Kier alpha value is -0.440. The molecule has 1 aliphatic rings. The summed E-state index contributed by atoms with van der Waals surface area (Å²) in [4.78, 5) is 3.84. The lowest BCUT2D eigenvalue weighted by Gasteiger charge is -2.21. The predicted octanol–water partition coefficient (Wildman–Crippen LogP) is 0.791. The number of nitrogen functional groups attached to an aromatic ring is 1. The van der Waals surface area contributed by atoms with Gasteiger partial charge in [-0.1, -0.05) is 0 Å². The summed E-state index contributed by atoms with van der Waals surface area (Å²) in [6, 6.07) is 3.03. The molecule has 1 fully saturated rings. The Morgan fingerprint density at radius 3 is 3.00 bits per heavy atom. The summed E-state index contributed by atoms with van der Waals surface area (Å²) in [6.07, 6.45) is 1.47. The number of aromatic nitrogens is 1. The Balaban J connectivity index is 2.01. The minimum absolute atomic E-state index is 0.0377. The summed E-state index contributed by atoms with van der Waals surface area (Å²) >= 11 is 3.67. The first-order valence-corrected chi connectivity index (χ1v) is 9.18. The van der Waals surface area contributed by atoms with Gasteiger partial charge < -0.3 is 5.73 Å². The van der Waals surface area contributed by atoms with Crippen LogP contribution in [0.1, 0.15) is 0 Å². The summed E-state index contributed by atoms with van der Waals surface area (Å²) in [6.45, 7) is 0.439. The van der Waals surface area contributed by atoms with Gasteiger partial charge in [-0.2, -0.15) is 23.5 Å². The van der Waals surface area contributed by atoms with Gasteiger partial charge in [0.05, 0.1) is 0 Å². The first-order chi connectivity index (χ1) is 8.59. The maximum Gasteiger partial charge on any atom is 0.244 e. The number of hydrogen-bond donors (Lipinski definition) is 2.